The molecule has 0 aromatic carbocycles. The average Bonchev–Trinajstić information content (AvgIpc) is 1.97. The summed E-state index contributed by atoms with van der Waals surface area (Å²) in [5.74, 6) is 0.595. The number of aromatic nitrogens is 1. The van der Waals surface area contributed by atoms with Gasteiger partial charge in [0.15, 0.2) is 0 Å². The third kappa shape index (κ3) is 1.26. The van der Waals surface area contributed by atoms with Crippen LogP contribution in [0.1, 0.15) is 11.3 Å². The molecule has 0 aliphatic rings. The Morgan fingerprint density at radius 3 is 2.55 bits per heavy atom. The highest BCUT2D eigenvalue weighted by atomic mass is 32.1. The Hall–Kier alpha value is -0.900. The van der Waals surface area contributed by atoms with Crippen LogP contribution in [0.3, 0.4) is 0 Å². The third-order valence-electron chi connectivity index (χ3n) is 1.67. The summed E-state index contributed by atoms with van der Waals surface area (Å²) in [5, 5.41) is 0. The Labute approximate surface area is 69.3 Å². The molecular formula is C7H9NO2S. The molecule has 0 aliphatic carbocycles. The van der Waals surface area contributed by atoms with E-state index in [1.54, 1.807) is 20.9 Å². The van der Waals surface area contributed by atoms with Crippen molar-refractivity contribution in [2.24, 2.45) is 7.05 Å². The SMILES string of the molecule is Cc1oc(=S)n(C)c(=O)c1C. The lowest BCUT2D eigenvalue weighted by atomic mass is 10.3. The Kier molecular flexibility index (Phi) is 1.95. The van der Waals surface area contributed by atoms with Crippen LogP contribution in [-0.4, -0.2) is 4.57 Å². The molecule has 0 spiro atoms. The van der Waals surface area contributed by atoms with E-state index < -0.39 is 0 Å². The van der Waals surface area contributed by atoms with Crippen LogP contribution in [0, 0.1) is 18.7 Å². The number of aryl methyl sites for hydroxylation is 1. The molecule has 1 aromatic rings. The van der Waals surface area contributed by atoms with Gasteiger partial charge >= 0.3 is 0 Å². The molecule has 3 nitrogen and oxygen atoms in total. The van der Waals surface area contributed by atoms with Crippen molar-refractivity contribution in [2.75, 3.05) is 0 Å². The van der Waals surface area contributed by atoms with Crippen LogP contribution in [0.25, 0.3) is 0 Å². The fraction of sp³-hybridized carbons (Fsp3) is 0.429. The summed E-state index contributed by atoms with van der Waals surface area (Å²) in [6, 6.07) is 0. The van der Waals surface area contributed by atoms with Crippen LogP contribution in [0.15, 0.2) is 9.21 Å². The van der Waals surface area contributed by atoms with Crippen LogP contribution in [-0.2, 0) is 7.05 Å². The van der Waals surface area contributed by atoms with E-state index in [2.05, 4.69) is 0 Å². The molecular weight excluding hydrogens is 162 g/mol. The van der Waals surface area contributed by atoms with Gasteiger partial charge in [-0.05, 0) is 26.1 Å². The van der Waals surface area contributed by atoms with Gasteiger partial charge in [-0.1, -0.05) is 0 Å². The molecule has 0 saturated carbocycles. The van der Waals surface area contributed by atoms with E-state index in [0.29, 0.717) is 11.3 Å². The molecule has 60 valence electrons. The molecule has 0 amide bonds. The van der Waals surface area contributed by atoms with E-state index in [9.17, 15) is 4.79 Å². The maximum Gasteiger partial charge on any atom is 0.271 e. The van der Waals surface area contributed by atoms with Gasteiger partial charge in [-0.3, -0.25) is 9.36 Å². The molecule has 0 aliphatic heterocycles. The number of nitrogens with zero attached hydrogens (tertiary/aromatic N) is 1. The van der Waals surface area contributed by atoms with E-state index in [1.807, 2.05) is 0 Å². The second kappa shape index (κ2) is 2.62. The van der Waals surface area contributed by atoms with Gasteiger partial charge in [-0.15, -0.1) is 0 Å². The summed E-state index contributed by atoms with van der Waals surface area (Å²) in [5.41, 5.74) is 0.528. The predicted molar refractivity (Wildman–Crippen MR) is 44.3 cm³/mol. The van der Waals surface area contributed by atoms with Gasteiger partial charge in [-0.25, -0.2) is 0 Å². The van der Waals surface area contributed by atoms with E-state index in [1.165, 1.54) is 4.57 Å². The highest BCUT2D eigenvalue weighted by Gasteiger charge is 2.02. The largest absolute Gasteiger partial charge is 0.436 e. The lowest BCUT2D eigenvalue weighted by Crippen LogP contribution is -2.20. The summed E-state index contributed by atoms with van der Waals surface area (Å²) >= 11 is 4.78. The minimum atomic E-state index is -0.0845. The van der Waals surface area contributed by atoms with Crippen molar-refractivity contribution in [3.63, 3.8) is 0 Å². The minimum absolute atomic E-state index is 0.0845. The molecule has 1 rings (SSSR count). The molecule has 0 atom stereocenters. The van der Waals surface area contributed by atoms with Gasteiger partial charge in [0.2, 0.25) is 0 Å². The Morgan fingerprint density at radius 2 is 2.00 bits per heavy atom. The second-order valence-corrected chi connectivity index (χ2v) is 2.76. The highest BCUT2D eigenvalue weighted by Crippen LogP contribution is 1.99. The zero-order chi connectivity index (χ0) is 8.59. The normalized spacial score (nSPS) is 10.1. The van der Waals surface area contributed by atoms with Crippen molar-refractivity contribution < 1.29 is 4.42 Å². The first-order chi connectivity index (χ1) is 5.04. The first kappa shape index (κ1) is 8.20. The molecule has 0 radical (unpaired) electrons. The van der Waals surface area contributed by atoms with Crippen molar-refractivity contribution in [3.05, 3.63) is 26.5 Å². The van der Waals surface area contributed by atoms with Crippen molar-refractivity contribution >= 4 is 12.2 Å². The highest BCUT2D eigenvalue weighted by molar-refractivity contribution is 7.71. The van der Waals surface area contributed by atoms with Gasteiger partial charge in [0.25, 0.3) is 10.4 Å². The molecule has 4 heteroatoms. The number of hydrogen-bond acceptors (Lipinski definition) is 3. The third-order valence-corrected chi connectivity index (χ3v) is 2.02. The molecule has 1 heterocycles. The summed E-state index contributed by atoms with van der Waals surface area (Å²) < 4.78 is 6.41. The van der Waals surface area contributed by atoms with Gasteiger partial charge in [0.1, 0.15) is 5.76 Å². The summed E-state index contributed by atoms with van der Waals surface area (Å²) in [6.45, 7) is 3.45. The van der Waals surface area contributed by atoms with Crippen LogP contribution in [0.5, 0.6) is 0 Å². The van der Waals surface area contributed by atoms with Crippen LogP contribution < -0.4 is 5.56 Å². The second-order valence-electron chi connectivity index (χ2n) is 2.41. The van der Waals surface area contributed by atoms with Crippen molar-refractivity contribution in [1.29, 1.82) is 0 Å². The van der Waals surface area contributed by atoms with E-state index in [-0.39, 0.29) is 10.4 Å². The lowest BCUT2D eigenvalue weighted by molar-refractivity contribution is 0.438. The quantitative estimate of drug-likeness (QED) is 0.552. The lowest BCUT2D eigenvalue weighted by Gasteiger charge is -2.00. The van der Waals surface area contributed by atoms with Crippen LogP contribution in [0.4, 0.5) is 0 Å². The smallest absolute Gasteiger partial charge is 0.271 e. The number of hydrogen-bond donors (Lipinski definition) is 0. The first-order valence-electron chi connectivity index (χ1n) is 3.21. The molecule has 0 N–H and O–H groups in total. The predicted octanol–water partition coefficient (Wildman–Crippen LogP) is 1.32. The molecule has 1 aromatic heterocycles. The number of rotatable bonds is 0. The van der Waals surface area contributed by atoms with Crippen molar-refractivity contribution in [2.45, 2.75) is 13.8 Å². The van der Waals surface area contributed by atoms with E-state index in [4.69, 9.17) is 16.6 Å². The summed E-state index contributed by atoms with van der Waals surface area (Å²) in [4.78, 5) is 11.5. The van der Waals surface area contributed by atoms with E-state index >= 15 is 0 Å². The first-order valence-corrected chi connectivity index (χ1v) is 3.62. The summed E-state index contributed by atoms with van der Waals surface area (Å²) in [6.07, 6.45) is 0. The molecule has 0 saturated heterocycles. The van der Waals surface area contributed by atoms with Crippen molar-refractivity contribution in [3.8, 4) is 0 Å². The fourth-order valence-corrected chi connectivity index (χ4v) is 0.969. The van der Waals surface area contributed by atoms with Gasteiger partial charge in [-0.2, -0.15) is 0 Å². The maximum absolute atomic E-state index is 11.2. The Bertz CT molecular complexity index is 388. The monoisotopic (exact) mass is 171 g/mol. The minimum Gasteiger partial charge on any atom is -0.436 e. The maximum atomic E-state index is 11.2. The van der Waals surface area contributed by atoms with Crippen LogP contribution in [0.2, 0.25) is 0 Å². The molecule has 0 bridgehead atoms. The van der Waals surface area contributed by atoms with E-state index in [0.717, 1.165) is 0 Å². The topological polar surface area (TPSA) is 35.1 Å². The summed E-state index contributed by atoms with van der Waals surface area (Å²) in [7, 11) is 1.60. The zero-order valence-corrected chi connectivity index (χ0v) is 7.49. The standard InChI is InChI=1S/C7H9NO2S/c1-4-5(2)10-7(11)8(3)6(4)9/h1-3H3. The van der Waals surface area contributed by atoms with Gasteiger partial charge in [0.05, 0.1) is 5.56 Å². The van der Waals surface area contributed by atoms with Gasteiger partial charge < -0.3 is 4.42 Å². The molecule has 11 heavy (non-hydrogen) atoms. The fourth-order valence-electron chi connectivity index (χ4n) is 0.761. The molecule has 0 unspecified atom stereocenters. The average molecular weight is 171 g/mol. The Morgan fingerprint density at radius 1 is 1.45 bits per heavy atom. The van der Waals surface area contributed by atoms with Crippen molar-refractivity contribution in [1.82, 2.24) is 4.57 Å². The molecule has 0 fully saturated rings. The Balaban J connectivity index is 3.74. The zero-order valence-electron chi connectivity index (χ0n) is 6.67. The van der Waals surface area contributed by atoms with Gasteiger partial charge in [0, 0.05) is 7.05 Å². The van der Waals surface area contributed by atoms with Crippen LogP contribution >= 0.6 is 12.2 Å².